The zero-order valence-electron chi connectivity index (χ0n) is 10.9. The molecular weight excluding hydrogens is 369 g/mol. The van der Waals surface area contributed by atoms with Crippen LogP contribution in [0.1, 0.15) is 19.3 Å². The second-order valence-electron chi connectivity index (χ2n) is 5.15. The van der Waals surface area contributed by atoms with E-state index in [1.54, 1.807) is 0 Å². The van der Waals surface area contributed by atoms with Crippen LogP contribution in [0.25, 0.3) is 11.0 Å². The van der Waals surface area contributed by atoms with Crippen LogP contribution in [0.3, 0.4) is 0 Å². The van der Waals surface area contributed by atoms with Gasteiger partial charge in [0.1, 0.15) is 0 Å². The molecule has 1 aliphatic heterocycles. The first-order chi connectivity index (χ1) is 9.24. The molecule has 0 bridgehead atoms. The fourth-order valence-corrected chi connectivity index (χ4v) is 3.61. The van der Waals surface area contributed by atoms with Crippen LogP contribution in [0.4, 0.5) is 0 Å². The Labute approximate surface area is 132 Å². The maximum atomic E-state index is 5.44. The van der Waals surface area contributed by atoms with E-state index in [9.17, 15) is 0 Å². The molecule has 0 radical (unpaired) electrons. The summed E-state index contributed by atoms with van der Waals surface area (Å²) in [7, 11) is 0. The van der Waals surface area contributed by atoms with E-state index >= 15 is 0 Å². The summed E-state index contributed by atoms with van der Waals surface area (Å²) in [5.74, 6) is 0. The number of aromatic nitrogens is 2. The Morgan fingerprint density at radius 3 is 2.79 bits per heavy atom. The van der Waals surface area contributed by atoms with Gasteiger partial charge in [0.25, 0.3) is 0 Å². The van der Waals surface area contributed by atoms with Crippen molar-refractivity contribution in [3.05, 3.63) is 26.5 Å². The molecule has 0 atom stereocenters. The smallest absolute Gasteiger partial charge is 0.178 e. The summed E-state index contributed by atoms with van der Waals surface area (Å²) in [4.78, 5) is 5.86. The fraction of sp³-hybridized carbons (Fsp3) is 0.500. The van der Waals surface area contributed by atoms with Crippen molar-refractivity contribution in [2.24, 2.45) is 0 Å². The van der Waals surface area contributed by atoms with E-state index in [4.69, 9.17) is 12.2 Å². The van der Waals surface area contributed by atoms with Gasteiger partial charge in [-0.2, -0.15) is 0 Å². The molecule has 3 nitrogen and oxygen atoms in total. The first kappa shape index (κ1) is 13.6. The minimum Gasteiger partial charge on any atom is -0.331 e. The van der Waals surface area contributed by atoms with Crippen molar-refractivity contribution >= 4 is 45.8 Å². The molecule has 1 aliphatic rings. The monoisotopic (exact) mass is 387 g/mol. The van der Waals surface area contributed by atoms with Crippen molar-refractivity contribution in [2.45, 2.75) is 25.8 Å². The predicted molar refractivity (Wildman–Crippen MR) is 90.1 cm³/mol. The van der Waals surface area contributed by atoms with E-state index in [0.717, 1.165) is 16.8 Å². The summed E-state index contributed by atoms with van der Waals surface area (Å²) in [5.41, 5.74) is 2.38. The van der Waals surface area contributed by atoms with Gasteiger partial charge in [-0.25, -0.2) is 0 Å². The summed E-state index contributed by atoms with van der Waals surface area (Å²) >= 11 is 7.77. The van der Waals surface area contributed by atoms with Crippen LogP contribution in [0.15, 0.2) is 18.2 Å². The average molecular weight is 387 g/mol. The normalized spacial score (nSPS) is 16.5. The molecule has 5 heteroatoms. The number of aromatic amines is 1. The average Bonchev–Trinajstić information content (AvgIpc) is 2.98. The lowest BCUT2D eigenvalue weighted by atomic mass is 10.3. The van der Waals surface area contributed by atoms with Gasteiger partial charge in [0, 0.05) is 10.1 Å². The highest BCUT2D eigenvalue weighted by atomic mass is 127. The predicted octanol–water partition coefficient (Wildman–Crippen LogP) is 3.79. The van der Waals surface area contributed by atoms with Gasteiger partial charge in [-0.1, -0.05) is 0 Å². The zero-order valence-corrected chi connectivity index (χ0v) is 13.8. The third-order valence-electron chi connectivity index (χ3n) is 3.79. The lowest BCUT2D eigenvalue weighted by Crippen LogP contribution is -2.21. The molecule has 0 saturated carbocycles. The van der Waals surface area contributed by atoms with Gasteiger partial charge in [0.2, 0.25) is 0 Å². The highest BCUT2D eigenvalue weighted by molar-refractivity contribution is 14.1. The van der Waals surface area contributed by atoms with Crippen LogP contribution in [-0.2, 0) is 6.54 Å². The quantitative estimate of drug-likeness (QED) is 0.638. The number of nitrogens with zero attached hydrogens (tertiary/aromatic N) is 2. The third kappa shape index (κ3) is 3.03. The fourth-order valence-electron chi connectivity index (χ4n) is 2.82. The first-order valence-corrected chi connectivity index (χ1v) is 8.33. The highest BCUT2D eigenvalue weighted by Crippen LogP contribution is 2.18. The lowest BCUT2D eigenvalue weighted by Gasteiger charge is -2.14. The van der Waals surface area contributed by atoms with Crippen molar-refractivity contribution < 1.29 is 0 Å². The number of fused-ring (bicyclic) bond motifs is 1. The van der Waals surface area contributed by atoms with E-state index in [1.165, 1.54) is 48.0 Å². The number of nitrogens with one attached hydrogen (secondary N) is 1. The SMILES string of the molecule is S=c1[nH]c2cc(I)ccc2n1CCCN1CCCC1. The minimum absolute atomic E-state index is 0.846. The van der Waals surface area contributed by atoms with E-state index in [2.05, 4.69) is 55.2 Å². The van der Waals surface area contributed by atoms with Crippen LogP contribution in [0.5, 0.6) is 0 Å². The van der Waals surface area contributed by atoms with Gasteiger partial charge >= 0.3 is 0 Å². The number of likely N-dealkylation sites (tertiary alicyclic amines) is 1. The molecule has 19 heavy (non-hydrogen) atoms. The first-order valence-electron chi connectivity index (χ1n) is 6.84. The lowest BCUT2D eigenvalue weighted by molar-refractivity contribution is 0.326. The van der Waals surface area contributed by atoms with Crippen molar-refractivity contribution in [3.63, 3.8) is 0 Å². The molecule has 102 valence electrons. The van der Waals surface area contributed by atoms with E-state index < -0.39 is 0 Å². The number of hydrogen-bond donors (Lipinski definition) is 1. The summed E-state index contributed by atoms with van der Waals surface area (Å²) in [6.45, 7) is 4.75. The zero-order chi connectivity index (χ0) is 13.2. The van der Waals surface area contributed by atoms with Gasteiger partial charge in [-0.3, -0.25) is 0 Å². The number of rotatable bonds is 4. The molecule has 1 fully saturated rings. The van der Waals surface area contributed by atoms with Gasteiger partial charge in [-0.15, -0.1) is 0 Å². The molecule has 1 saturated heterocycles. The number of hydrogen-bond acceptors (Lipinski definition) is 2. The third-order valence-corrected chi connectivity index (χ3v) is 4.78. The number of H-pyrrole nitrogens is 1. The standard InChI is InChI=1S/C14H18IN3S/c15-11-4-5-13-12(10-11)16-14(19)18(13)9-3-8-17-6-1-2-7-17/h4-5,10H,1-3,6-9H2,(H,16,19). The highest BCUT2D eigenvalue weighted by Gasteiger charge is 2.11. The molecule has 0 amide bonds. The molecule has 0 aliphatic carbocycles. The van der Waals surface area contributed by atoms with E-state index in [1.807, 2.05) is 0 Å². The van der Waals surface area contributed by atoms with E-state index in [0.29, 0.717) is 0 Å². The second-order valence-corrected chi connectivity index (χ2v) is 6.78. The Balaban J connectivity index is 1.73. The van der Waals surface area contributed by atoms with Crippen LogP contribution in [0, 0.1) is 8.34 Å². The molecule has 1 aromatic heterocycles. The molecule has 2 heterocycles. The van der Waals surface area contributed by atoms with Gasteiger partial charge in [0.05, 0.1) is 11.0 Å². The topological polar surface area (TPSA) is 24.0 Å². The van der Waals surface area contributed by atoms with Crippen LogP contribution in [0.2, 0.25) is 0 Å². The molecule has 1 N–H and O–H groups in total. The van der Waals surface area contributed by atoms with Gasteiger partial charge in [-0.05, 0) is 91.9 Å². The molecule has 0 spiro atoms. The Morgan fingerprint density at radius 1 is 1.21 bits per heavy atom. The van der Waals surface area contributed by atoms with Crippen molar-refractivity contribution in [1.29, 1.82) is 0 Å². The van der Waals surface area contributed by atoms with Crippen LogP contribution < -0.4 is 0 Å². The molecule has 0 unspecified atom stereocenters. The van der Waals surface area contributed by atoms with Crippen molar-refractivity contribution in [1.82, 2.24) is 14.5 Å². The molecule has 3 rings (SSSR count). The summed E-state index contributed by atoms with van der Waals surface area (Å²) < 4.78 is 4.32. The Bertz CT molecular complexity index is 625. The van der Waals surface area contributed by atoms with E-state index in [-0.39, 0.29) is 0 Å². The Morgan fingerprint density at radius 2 is 2.00 bits per heavy atom. The maximum Gasteiger partial charge on any atom is 0.178 e. The summed E-state index contributed by atoms with van der Waals surface area (Å²) in [5, 5.41) is 0. The van der Waals surface area contributed by atoms with Crippen LogP contribution in [-0.4, -0.2) is 34.1 Å². The van der Waals surface area contributed by atoms with Crippen molar-refractivity contribution in [2.75, 3.05) is 19.6 Å². The molecule has 1 aromatic carbocycles. The largest absolute Gasteiger partial charge is 0.331 e. The Kier molecular flexibility index (Phi) is 4.24. The van der Waals surface area contributed by atoms with Gasteiger partial charge < -0.3 is 14.5 Å². The van der Waals surface area contributed by atoms with Crippen LogP contribution >= 0.6 is 34.8 Å². The number of benzene rings is 1. The minimum atomic E-state index is 0.846. The summed E-state index contributed by atoms with van der Waals surface area (Å²) in [6.07, 6.45) is 3.91. The molecular formula is C14H18IN3S. The Hall–Kier alpha value is -0.400. The molecule has 2 aromatic rings. The number of halogens is 1. The number of aryl methyl sites for hydroxylation is 1. The second kappa shape index (κ2) is 5.93. The summed E-state index contributed by atoms with van der Waals surface area (Å²) in [6, 6.07) is 6.46. The maximum absolute atomic E-state index is 5.44. The van der Waals surface area contributed by atoms with Gasteiger partial charge in [0.15, 0.2) is 4.77 Å². The van der Waals surface area contributed by atoms with Crippen molar-refractivity contribution in [3.8, 4) is 0 Å². The number of imidazole rings is 1.